The molecule has 0 fully saturated rings. The molecule has 0 radical (unpaired) electrons. The zero-order valence-electron chi connectivity index (χ0n) is 18.2. The smallest absolute Gasteiger partial charge is 0.336 e. The highest BCUT2D eigenvalue weighted by molar-refractivity contribution is 5.96. The second kappa shape index (κ2) is 10.0. The van der Waals surface area contributed by atoms with E-state index in [4.69, 9.17) is 0 Å². The van der Waals surface area contributed by atoms with Crippen molar-refractivity contribution in [3.8, 4) is 11.1 Å². The molecule has 0 amide bonds. The number of carboxylic acids is 1. The highest BCUT2D eigenvalue weighted by Crippen LogP contribution is 2.24. The van der Waals surface area contributed by atoms with Crippen LogP contribution in [0.3, 0.4) is 0 Å². The van der Waals surface area contributed by atoms with Crippen LogP contribution < -0.4 is 5.69 Å². The van der Waals surface area contributed by atoms with E-state index < -0.39 is 11.7 Å². The van der Waals surface area contributed by atoms with Gasteiger partial charge in [0.25, 0.3) is 0 Å². The second-order valence-corrected chi connectivity index (χ2v) is 7.60. The summed E-state index contributed by atoms with van der Waals surface area (Å²) in [4.78, 5) is 48.8. The average Bonchev–Trinajstić information content (AvgIpc) is 3.05. The van der Waals surface area contributed by atoms with Crippen LogP contribution in [0.15, 0.2) is 53.3 Å². The number of imidazole rings is 1. The molecule has 7 nitrogen and oxygen atoms in total. The molecule has 1 aromatic heterocycles. The Morgan fingerprint density at radius 1 is 1.00 bits per heavy atom. The molecule has 0 aliphatic heterocycles. The average molecular weight is 434 g/mol. The Morgan fingerprint density at radius 2 is 1.69 bits per heavy atom. The first-order valence-corrected chi connectivity index (χ1v) is 10.7. The Hall–Kier alpha value is -3.74. The maximum absolute atomic E-state index is 13.1. The third-order valence-corrected chi connectivity index (χ3v) is 5.36. The van der Waals surface area contributed by atoms with Gasteiger partial charge in [-0.3, -0.25) is 14.2 Å². The first kappa shape index (κ1) is 22.9. The van der Waals surface area contributed by atoms with Gasteiger partial charge in [0.2, 0.25) is 5.91 Å². The molecule has 3 rings (SSSR count). The van der Waals surface area contributed by atoms with Gasteiger partial charge in [-0.2, -0.15) is 0 Å². The molecule has 0 bridgehead atoms. The number of carbonyl (C=O) groups is 3. The molecule has 7 heteroatoms. The van der Waals surface area contributed by atoms with Crippen LogP contribution in [-0.2, 0) is 13.0 Å². The molecule has 3 aromatic rings. The Balaban J connectivity index is 2.00. The van der Waals surface area contributed by atoms with Crippen LogP contribution in [-0.4, -0.2) is 32.4 Å². The van der Waals surface area contributed by atoms with E-state index in [0.717, 1.165) is 22.1 Å². The van der Waals surface area contributed by atoms with E-state index >= 15 is 0 Å². The topological polar surface area (TPSA) is 98.4 Å². The van der Waals surface area contributed by atoms with Crippen molar-refractivity contribution < 1.29 is 19.5 Å². The van der Waals surface area contributed by atoms with Crippen molar-refractivity contribution in [2.24, 2.45) is 0 Å². The number of hydrogen-bond donors (Lipinski definition) is 1. The van der Waals surface area contributed by atoms with E-state index in [0.29, 0.717) is 30.4 Å². The number of hydrogen-bond acceptors (Lipinski definition) is 4. The van der Waals surface area contributed by atoms with E-state index in [9.17, 15) is 24.3 Å². The van der Waals surface area contributed by atoms with Gasteiger partial charge in [0.1, 0.15) is 5.69 Å². The predicted molar refractivity (Wildman–Crippen MR) is 122 cm³/mol. The van der Waals surface area contributed by atoms with Crippen LogP contribution in [0.25, 0.3) is 11.1 Å². The number of rotatable bonds is 9. The first-order valence-electron chi connectivity index (χ1n) is 10.7. The molecule has 0 aliphatic rings. The fourth-order valence-corrected chi connectivity index (χ4v) is 3.85. The first-order chi connectivity index (χ1) is 15.4. The molecule has 0 saturated heterocycles. The van der Waals surface area contributed by atoms with E-state index in [1.807, 2.05) is 38.1 Å². The van der Waals surface area contributed by atoms with Gasteiger partial charge < -0.3 is 5.11 Å². The van der Waals surface area contributed by atoms with Crippen LogP contribution in [0.1, 0.15) is 70.0 Å². The quantitative estimate of drug-likeness (QED) is 0.507. The van der Waals surface area contributed by atoms with E-state index in [1.54, 1.807) is 24.3 Å². The third-order valence-electron chi connectivity index (χ3n) is 5.36. The van der Waals surface area contributed by atoms with Gasteiger partial charge in [-0.25, -0.2) is 14.2 Å². The summed E-state index contributed by atoms with van der Waals surface area (Å²) in [6, 6.07) is 14.0. The van der Waals surface area contributed by atoms with Gasteiger partial charge in [0.05, 0.1) is 17.8 Å². The number of aldehydes is 1. The number of carbonyl (C=O) groups excluding carboxylic acids is 2. The third kappa shape index (κ3) is 4.46. The minimum Gasteiger partial charge on any atom is -0.478 e. The lowest BCUT2D eigenvalue weighted by atomic mass is 9.99. The number of nitrogens with zero attached hydrogens (tertiary/aromatic N) is 2. The van der Waals surface area contributed by atoms with Crippen LogP contribution in [0.5, 0.6) is 0 Å². The SMILES string of the molecule is CCCC(=O)n1c(C=O)c(CCC)n(Cc2ccc(-c3ccccc3C(=O)O)cc2)c1=O. The highest BCUT2D eigenvalue weighted by atomic mass is 16.4. The molecule has 32 heavy (non-hydrogen) atoms. The lowest BCUT2D eigenvalue weighted by Crippen LogP contribution is -2.30. The van der Waals surface area contributed by atoms with Crippen molar-refractivity contribution in [1.29, 1.82) is 0 Å². The van der Waals surface area contributed by atoms with Gasteiger partial charge in [-0.05, 0) is 35.6 Å². The van der Waals surface area contributed by atoms with Crippen LogP contribution in [0, 0.1) is 0 Å². The van der Waals surface area contributed by atoms with Crippen molar-refractivity contribution in [1.82, 2.24) is 9.13 Å². The fraction of sp³-hybridized carbons (Fsp3) is 0.280. The molecular weight excluding hydrogens is 408 g/mol. The molecule has 1 N–H and O–H groups in total. The minimum atomic E-state index is -1.00. The van der Waals surface area contributed by atoms with Crippen LogP contribution in [0.4, 0.5) is 0 Å². The predicted octanol–water partition coefficient (Wildman–Crippen LogP) is 4.27. The monoisotopic (exact) mass is 434 g/mol. The van der Waals surface area contributed by atoms with Crippen molar-refractivity contribution in [3.05, 3.63) is 81.5 Å². The van der Waals surface area contributed by atoms with Crippen molar-refractivity contribution in [2.45, 2.75) is 46.1 Å². The summed E-state index contributed by atoms with van der Waals surface area (Å²) in [6.45, 7) is 4.00. The zero-order valence-corrected chi connectivity index (χ0v) is 18.2. The maximum Gasteiger partial charge on any atom is 0.336 e. The number of carboxylic acid groups (broad SMARTS) is 1. The minimum absolute atomic E-state index is 0.127. The standard InChI is InChI=1S/C25H26N2O5/c1-3-7-21-22(16-28)27(23(29)8-4-2)25(32)26(21)15-17-11-13-18(14-12-17)19-9-5-6-10-20(19)24(30)31/h5-6,9-14,16H,3-4,7-8,15H2,1-2H3,(H,30,31). The Morgan fingerprint density at radius 3 is 2.28 bits per heavy atom. The largest absolute Gasteiger partial charge is 0.478 e. The molecule has 0 saturated carbocycles. The van der Waals surface area contributed by atoms with Gasteiger partial charge in [0.15, 0.2) is 6.29 Å². The molecule has 0 unspecified atom stereocenters. The summed E-state index contributed by atoms with van der Waals surface area (Å²) in [5, 5.41) is 9.43. The molecule has 0 aliphatic carbocycles. The summed E-state index contributed by atoms with van der Waals surface area (Å²) in [5.41, 5.74) is 2.54. The zero-order chi connectivity index (χ0) is 23.3. The Kier molecular flexibility index (Phi) is 7.20. The van der Waals surface area contributed by atoms with E-state index in [1.165, 1.54) is 4.57 Å². The van der Waals surface area contributed by atoms with Crippen LogP contribution >= 0.6 is 0 Å². The van der Waals surface area contributed by atoms with Crippen molar-refractivity contribution in [2.75, 3.05) is 0 Å². The molecular formula is C25H26N2O5. The Labute approximate surface area is 185 Å². The fourth-order valence-electron chi connectivity index (χ4n) is 3.85. The summed E-state index contributed by atoms with van der Waals surface area (Å²) < 4.78 is 2.49. The van der Waals surface area contributed by atoms with Crippen LogP contribution in [0.2, 0.25) is 0 Å². The van der Waals surface area contributed by atoms with Crippen molar-refractivity contribution in [3.63, 3.8) is 0 Å². The summed E-state index contributed by atoms with van der Waals surface area (Å²) >= 11 is 0. The van der Waals surface area contributed by atoms with Gasteiger partial charge >= 0.3 is 11.7 Å². The van der Waals surface area contributed by atoms with Gasteiger partial charge in [-0.1, -0.05) is 62.7 Å². The summed E-state index contributed by atoms with van der Waals surface area (Å²) in [7, 11) is 0. The summed E-state index contributed by atoms with van der Waals surface area (Å²) in [6.07, 6.45) is 2.57. The highest BCUT2D eigenvalue weighted by Gasteiger charge is 2.23. The maximum atomic E-state index is 13.1. The van der Waals surface area contributed by atoms with E-state index in [2.05, 4.69) is 0 Å². The number of aromatic carboxylic acids is 1. The van der Waals surface area contributed by atoms with Crippen molar-refractivity contribution >= 4 is 18.2 Å². The molecule has 0 spiro atoms. The molecule has 0 atom stereocenters. The van der Waals surface area contributed by atoms with E-state index in [-0.39, 0.29) is 30.1 Å². The van der Waals surface area contributed by atoms with Gasteiger partial charge in [-0.15, -0.1) is 0 Å². The molecule has 166 valence electrons. The summed E-state index contributed by atoms with van der Waals surface area (Å²) in [5.74, 6) is -1.38. The Bertz CT molecular complexity index is 1200. The molecule has 2 aromatic carbocycles. The molecule has 1 heterocycles. The van der Waals surface area contributed by atoms with Gasteiger partial charge in [0, 0.05) is 6.42 Å². The number of benzene rings is 2. The normalized spacial score (nSPS) is 10.8. The number of aromatic nitrogens is 2. The lowest BCUT2D eigenvalue weighted by molar-refractivity contribution is 0.0697. The second-order valence-electron chi connectivity index (χ2n) is 7.60. The lowest BCUT2D eigenvalue weighted by Gasteiger charge is -2.10.